The lowest BCUT2D eigenvalue weighted by molar-refractivity contribution is 0.0940. The summed E-state index contributed by atoms with van der Waals surface area (Å²) >= 11 is 1.52. The molecular weight excluding hydrogens is 320 g/mol. The van der Waals surface area contributed by atoms with E-state index >= 15 is 0 Å². The topological polar surface area (TPSA) is 58.2 Å². The summed E-state index contributed by atoms with van der Waals surface area (Å²) in [4.78, 5) is 25.9. The van der Waals surface area contributed by atoms with Gasteiger partial charge in [-0.25, -0.2) is 0 Å². The minimum atomic E-state index is -0.219. The van der Waals surface area contributed by atoms with Crippen molar-refractivity contribution in [1.29, 1.82) is 0 Å². The summed E-state index contributed by atoms with van der Waals surface area (Å²) in [6.07, 6.45) is 2.78. The third-order valence-electron chi connectivity index (χ3n) is 3.76. The summed E-state index contributed by atoms with van der Waals surface area (Å²) in [6, 6.07) is 14.5. The van der Waals surface area contributed by atoms with Crippen LogP contribution in [0, 0.1) is 0 Å². The molecular formula is C19H22N2O2S. The average molecular weight is 342 g/mol. The Balaban J connectivity index is 2.24. The van der Waals surface area contributed by atoms with E-state index in [1.54, 1.807) is 30.3 Å². The lowest BCUT2D eigenvalue weighted by Crippen LogP contribution is -2.32. The van der Waals surface area contributed by atoms with Gasteiger partial charge in [0, 0.05) is 10.9 Å². The van der Waals surface area contributed by atoms with Crippen molar-refractivity contribution in [3.8, 4) is 0 Å². The predicted octanol–water partition coefficient (Wildman–Crippen LogP) is 4.19. The molecule has 2 amide bonds. The van der Waals surface area contributed by atoms with E-state index in [1.807, 2.05) is 38.3 Å². The Morgan fingerprint density at radius 3 is 2.29 bits per heavy atom. The lowest BCUT2D eigenvalue weighted by atomic mass is 10.1. The molecule has 0 spiro atoms. The average Bonchev–Trinajstić information content (AvgIpc) is 2.61. The smallest absolute Gasteiger partial charge is 0.256 e. The van der Waals surface area contributed by atoms with Gasteiger partial charge in [0.05, 0.1) is 16.8 Å². The van der Waals surface area contributed by atoms with Crippen molar-refractivity contribution in [1.82, 2.24) is 5.32 Å². The number of hydrogen-bond donors (Lipinski definition) is 2. The zero-order valence-corrected chi connectivity index (χ0v) is 14.9. The van der Waals surface area contributed by atoms with Crippen molar-refractivity contribution in [2.75, 3.05) is 11.6 Å². The second-order valence-corrected chi connectivity index (χ2v) is 6.33. The van der Waals surface area contributed by atoms with Crippen LogP contribution in [0.2, 0.25) is 0 Å². The molecule has 0 saturated carbocycles. The van der Waals surface area contributed by atoms with Crippen LogP contribution >= 0.6 is 11.8 Å². The molecule has 2 aromatic rings. The van der Waals surface area contributed by atoms with Crippen molar-refractivity contribution >= 4 is 29.3 Å². The van der Waals surface area contributed by atoms with Crippen molar-refractivity contribution in [3.05, 3.63) is 59.7 Å². The van der Waals surface area contributed by atoms with Crippen LogP contribution in [0.5, 0.6) is 0 Å². The van der Waals surface area contributed by atoms with Gasteiger partial charge < -0.3 is 10.6 Å². The van der Waals surface area contributed by atoms with E-state index < -0.39 is 0 Å². The Kier molecular flexibility index (Phi) is 6.44. The summed E-state index contributed by atoms with van der Waals surface area (Å²) in [5.74, 6) is -0.401. The number of para-hydroxylation sites is 1. The van der Waals surface area contributed by atoms with E-state index in [1.165, 1.54) is 11.8 Å². The van der Waals surface area contributed by atoms with E-state index in [0.29, 0.717) is 16.8 Å². The molecule has 0 aliphatic rings. The van der Waals surface area contributed by atoms with Crippen LogP contribution in [-0.2, 0) is 0 Å². The molecule has 0 radical (unpaired) electrons. The molecule has 0 bridgehead atoms. The summed E-state index contributed by atoms with van der Waals surface area (Å²) < 4.78 is 0. The molecule has 0 heterocycles. The fraction of sp³-hybridized carbons (Fsp3) is 0.263. The molecule has 5 heteroatoms. The largest absolute Gasteiger partial charge is 0.350 e. The molecule has 24 heavy (non-hydrogen) atoms. The summed E-state index contributed by atoms with van der Waals surface area (Å²) in [6.45, 7) is 3.96. The molecule has 0 aliphatic carbocycles. The van der Waals surface area contributed by atoms with Crippen LogP contribution in [0.4, 0.5) is 5.69 Å². The van der Waals surface area contributed by atoms with Crippen molar-refractivity contribution < 1.29 is 9.59 Å². The van der Waals surface area contributed by atoms with Gasteiger partial charge in [0.1, 0.15) is 0 Å². The molecule has 4 nitrogen and oxygen atoms in total. The number of carbonyl (C=O) groups excluding carboxylic acids is 2. The summed E-state index contributed by atoms with van der Waals surface area (Å²) in [5.41, 5.74) is 1.58. The number of rotatable bonds is 6. The first kappa shape index (κ1) is 18.1. The molecule has 2 rings (SSSR count). The highest BCUT2D eigenvalue weighted by Gasteiger charge is 2.16. The third kappa shape index (κ3) is 4.38. The quantitative estimate of drug-likeness (QED) is 0.774. The maximum atomic E-state index is 12.6. The first-order valence-corrected chi connectivity index (χ1v) is 9.13. The van der Waals surface area contributed by atoms with E-state index in [0.717, 1.165) is 11.3 Å². The summed E-state index contributed by atoms with van der Waals surface area (Å²) in [5, 5.41) is 5.79. The highest BCUT2D eigenvalue weighted by atomic mass is 32.2. The van der Waals surface area contributed by atoms with Gasteiger partial charge in [0.25, 0.3) is 11.8 Å². The molecule has 0 saturated heterocycles. The second-order valence-electron chi connectivity index (χ2n) is 5.48. The minimum Gasteiger partial charge on any atom is -0.350 e. The molecule has 0 aromatic heterocycles. The van der Waals surface area contributed by atoms with E-state index in [2.05, 4.69) is 10.6 Å². The highest BCUT2D eigenvalue weighted by Crippen LogP contribution is 2.22. The van der Waals surface area contributed by atoms with Crippen molar-refractivity contribution in [2.24, 2.45) is 0 Å². The van der Waals surface area contributed by atoms with Crippen molar-refractivity contribution in [3.63, 3.8) is 0 Å². The fourth-order valence-corrected chi connectivity index (χ4v) is 2.81. The van der Waals surface area contributed by atoms with Crippen LogP contribution in [0.15, 0.2) is 53.4 Å². The Hall–Kier alpha value is -2.27. The van der Waals surface area contributed by atoms with E-state index in [-0.39, 0.29) is 17.9 Å². The number of hydrogen-bond acceptors (Lipinski definition) is 3. The first-order chi connectivity index (χ1) is 11.6. The molecule has 2 N–H and O–H groups in total. The van der Waals surface area contributed by atoms with Gasteiger partial charge in [0.15, 0.2) is 0 Å². The van der Waals surface area contributed by atoms with Gasteiger partial charge >= 0.3 is 0 Å². The monoisotopic (exact) mass is 342 g/mol. The Bertz CT molecular complexity index is 731. The van der Waals surface area contributed by atoms with Gasteiger partial charge in [-0.2, -0.15) is 0 Å². The number of anilines is 1. The Morgan fingerprint density at radius 1 is 1.00 bits per heavy atom. The fourth-order valence-electron chi connectivity index (χ4n) is 2.22. The number of carbonyl (C=O) groups is 2. The second kappa shape index (κ2) is 8.55. The van der Waals surface area contributed by atoms with Crippen LogP contribution < -0.4 is 10.6 Å². The minimum absolute atomic E-state index is 0.0819. The number of benzene rings is 2. The van der Waals surface area contributed by atoms with Crippen LogP contribution in [0.1, 0.15) is 41.0 Å². The van der Waals surface area contributed by atoms with Crippen LogP contribution in [0.3, 0.4) is 0 Å². The SMILES string of the molecule is CC[C@H](C)NC(=O)c1ccccc1NC(=O)c1ccccc1SC. The van der Waals surface area contributed by atoms with Gasteiger partial charge in [0.2, 0.25) is 0 Å². The van der Waals surface area contributed by atoms with Crippen LogP contribution in [-0.4, -0.2) is 24.1 Å². The number of thioether (sulfide) groups is 1. The Morgan fingerprint density at radius 2 is 1.62 bits per heavy atom. The first-order valence-electron chi connectivity index (χ1n) is 7.91. The highest BCUT2D eigenvalue weighted by molar-refractivity contribution is 7.98. The zero-order valence-electron chi connectivity index (χ0n) is 14.1. The normalized spacial score (nSPS) is 11.6. The maximum Gasteiger partial charge on any atom is 0.256 e. The van der Waals surface area contributed by atoms with Gasteiger partial charge in [-0.05, 0) is 43.9 Å². The molecule has 0 aliphatic heterocycles. The van der Waals surface area contributed by atoms with Gasteiger partial charge in [-0.15, -0.1) is 11.8 Å². The van der Waals surface area contributed by atoms with Gasteiger partial charge in [-0.1, -0.05) is 31.2 Å². The van der Waals surface area contributed by atoms with E-state index in [9.17, 15) is 9.59 Å². The maximum absolute atomic E-state index is 12.6. The van der Waals surface area contributed by atoms with Crippen LogP contribution in [0.25, 0.3) is 0 Å². The predicted molar refractivity (Wildman–Crippen MR) is 99.8 cm³/mol. The number of nitrogens with one attached hydrogen (secondary N) is 2. The standard InChI is InChI=1S/C19H22N2O2S/c1-4-13(2)20-18(22)14-9-5-7-11-16(14)21-19(23)15-10-6-8-12-17(15)24-3/h5-13H,4H2,1-3H3,(H,20,22)(H,21,23)/t13-/m0/s1. The molecule has 0 unspecified atom stereocenters. The molecule has 0 fully saturated rings. The number of amides is 2. The molecule has 1 atom stereocenters. The zero-order chi connectivity index (χ0) is 17.5. The molecule has 126 valence electrons. The molecule has 2 aromatic carbocycles. The third-order valence-corrected chi connectivity index (χ3v) is 4.56. The Labute approximate surface area is 147 Å². The summed E-state index contributed by atoms with van der Waals surface area (Å²) in [7, 11) is 0. The van der Waals surface area contributed by atoms with Gasteiger partial charge in [-0.3, -0.25) is 9.59 Å². The van der Waals surface area contributed by atoms with Crippen molar-refractivity contribution in [2.45, 2.75) is 31.2 Å². The lowest BCUT2D eigenvalue weighted by Gasteiger charge is -2.15. The van der Waals surface area contributed by atoms with E-state index in [4.69, 9.17) is 0 Å².